The fourth-order valence-electron chi connectivity index (χ4n) is 3.23. The van der Waals surface area contributed by atoms with E-state index >= 15 is 0 Å². The molecule has 1 atom stereocenters. The molecule has 1 aromatic heterocycles. The van der Waals surface area contributed by atoms with Crippen molar-refractivity contribution in [1.82, 2.24) is 14.7 Å². The summed E-state index contributed by atoms with van der Waals surface area (Å²) in [4.78, 5) is 14.5. The van der Waals surface area contributed by atoms with Crippen LogP contribution < -0.4 is 4.74 Å². The van der Waals surface area contributed by atoms with Crippen LogP contribution in [-0.2, 0) is 7.05 Å². The molecule has 1 unspecified atom stereocenters. The topological polar surface area (TPSA) is 47.4 Å². The second kappa shape index (κ2) is 7.69. The fraction of sp³-hybridized carbons (Fsp3) is 0.400. The summed E-state index contributed by atoms with van der Waals surface area (Å²) in [6, 6.07) is 6.52. The summed E-state index contributed by atoms with van der Waals surface area (Å²) >= 11 is 0. The van der Waals surface area contributed by atoms with Crippen LogP contribution in [0, 0.1) is 5.95 Å². The lowest BCUT2D eigenvalue weighted by Crippen LogP contribution is -2.41. The van der Waals surface area contributed by atoms with Crippen LogP contribution in [0.25, 0.3) is 5.57 Å². The van der Waals surface area contributed by atoms with Crippen LogP contribution in [0.2, 0.25) is 0 Å². The van der Waals surface area contributed by atoms with Gasteiger partial charge in [-0.2, -0.15) is 9.49 Å². The van der Waals surface area contributed by atoms with Crippen molar-refractivity contribution in [2.75, 3.05) is 7.11 Å². The summed E-state index contributed by atoms with van der Waals surface area (Å²) in [7, 11) is 2.75. The molecule has 0 saturated heterocycles. The van der Waals surface area contributed by atoms with Gasteiger partial charge in [0, 0.05) is 13.1 Å². The maximum Gasteiger partial charge on any atom is 0.283 e. The van der Waals surface area contributed by atoms with Crippen molar-refractivity contribution in [1.29, 1.82) is 0 Å². The summed E-state index contributed by atoms with van der Waals surface area (Å²) in [6.45, 7) is 5.84. The Morgan fingerprint density at radius 1 is 1.32 bits per heavy atom. The largest absolute Gasteiger partial charge is 0.497 e. The maximum absolute atomic E-state index is 14.4. The van der Waals surface area contributed by atoms with Gasteiger partial charge in [0.25, 0.3) is 12.3 Å². The molecule has 0 N–H and O–H groups in total. The molecule has 0 radical (unpaired) electrons. The number of nitrogens with zero attached hydrogens (tertiary/aromatic N) is 3. The Morgan fingerprint density at radius 3 is 2.43 bits per heavy atom. The van der Waals surface area contributed by atoms with E-state index in [0.29, 0.717) is 16.0 Å². The van der Waals surface area contributed by atoms with E-state index in [2.05, 4.69) is 11.7 Å². The van der Waals surface area contributed by atoms with Gasteiger partial charge in [0.05, 0.1) is 13.2 Å². The summed E-state index contributed by atoms with van der Waals surface area (Å²) in [5.41, 5.74) is -0.0880. The molecule has 0 aliphatic heterocycles. The van der Waals surface area contributed by atoms with Gasteiger partial charge in [0.15, 0.2) is 0 Å². The number of aryl methyl sites for hydroxylation is 1. The number of carbonyl (C=O) groups is 1. The Bertz CT molecular complexity index is 889. The third kappa shape index (κ3) is 3.63. The molecule has 1 heterocycles. The van der Waals surface area contributed by atoms with Crippen molar-refractivity contribution >= 4 is 11.5 Å². The molecule has 5 nitrogen and oxygen atoms in total. The van der Waals surface area contributed by atoms with Crippen molar-refractivity contribution < 1.29 is 22.7 Å². The first kappa shape index (κ1) is 20.0. The number of halogens is 3. The van der Waals surface area contributed by atoms with Gasteiger partial charge in [0.2, 0.25) is 5.95 Å². The van der Waals surface area contributed by atoms with E-state index < -0.39 is 35.6 Å². The minimum Gasteiger partial charge on any atom is -0.497 e. The number of carbonyl (C=O) groups excluding carboxylic acids is 1. The number of benzene rings is 1. The Morgan fingerprint density at radius 2 is 1.93 bits per heavy atom. The molecule has 1 saturated carbocycles. The Labute approximate surface area is 161 Å². The van der Waals surface area contributed by atoms with Crippen LogP contribution in [-0.4, -0.2) is 39.8 Å². The fourth-order valence-corrected chi connectivity index (χ4v) is 3.23. The van der Waals surface area contributed by atoms with Gasteiger partial charge in [-0.25, -0.2) is 13.5 Å². The third-order valence-electron chi connectivity index (χ3n) is 4.98. The lowest BCUT2D eigenvalue weighted by Gasteiger charge is -2.31. The number of rotatable bonds is 7. The molecular formula is C20H22F3N3O2. The highest BCUT2D eigenvalue weighted by Crippen LogP contribution is 2.36. The SMILES string of the molecule is C=C(c1ccc(OC)cc1)C(C)N(C(=O)c1c(C(F)F)nn(C)c1F)C1CC1. The Hall–Kier alpha value is -2.77. The van der Waals surface area contributed by atoms with Crippen LogP contribution in [0.5, 0.6) is 5.75 Å². The highest BCUT2D eigenvalue weighted by molar-refractivity contribution is 5.97. The van der Waals surface area contributed by atoms with Gasteiger partial charge < -0.3 is 9.64 Å². The average Bonchev–Trinajstić information content (AvgIpc) is 3.46. The summed E-state index contributed by atoms with van der Waals surface area (Å²) in [6.07, 6.45) is -1.58. The van der Waals surface area contributed by atoms with Crippen molar-refractivity contribution in [3.63, 3.8) is 0 Å². The van der Waals surface area contributed by atoms with Crippen molar-refractivity contribution in [3.05, 3.63) is 53.6 Å². The number of methoxy groups -OCH3 is 1. The first-order valence-corrected chi connectivity index (χ1v) is 8.92. The first-order chi connectivity index (χ1) is 13.3. The molecule has 0 spiro atoms. The maximum atomic E-state index is 14.4. The van der Waals surface area contributed by atoms with Gasteiger partial charge in [0.1, 0.15) is 17.0 Å². The van der Waals surface area contributed by atoms with Crippen molar-refractivity contribution in [3.8, 4) is 5.75 Å². The van der Waals surface area contributed by atoms with E-state index in [1.165, 1.54) is 11.9 Å². The van der Waals surface area contributed by atoms with Crippen LogP contribution in [0.15, 0.2) is 30.8 Å². The monoisotopic (exact) mass is 393 g/mol. The lowest BCUT2D eigenvalue weighted by molar-refractivity contribution is 0.0698. The summed E-state index contributed by atoms with van der Waals surface area (Å²) < 4.78 is 46.9. The Balaban J connectivity index is 1.93. The van der Waals surface area contributed by atoms with E-state index in [0.717, 1.165) is 18.4 Å². The molecule has 1 amide bonds. The number of ether oxygens (including phenoxy) is 1. The van der Waals surface area contributed by atoms with E-state index in [4.69, 9.17) is 4.74 Å². The molecule has 2 aromatic rings. The second-order valence-corrected chi connectivity index (χ2v) is 6.85. The lowest BCUT2D eigenvalue weighted by atomic mass is 9.99. The molecule has 1 aliphatic carbocycles. The summed E-state index contributed by atoms with van der Waals surface area (Å²) in [5, 5.41) is 3.48. The van der Waals surface area contributed by atoms with Gasteiger partial charge in [-0.05, 0) is 43.0 Å². The molecule has 8 heteroatoms. The molecule has 150 valence electrons. The second-order valence-electron chi connectivity index (χ2n) is 6.85. The van der Waals surface area contributed by atoms with Crippen molar-refractivity contribution in [2.45, 2.75) is 38.3 Å². The predicted octanol–water partition coefficient (Wildman–Crippen LogP) is 4.21. The van der Waals surface area contributed by atoms with Crippen LogP contribution >= 0.6 is 0 Å². The third-order valence-corrected chi connectivity index (χ3v) is 4.98. The highest BCUT2D eigenvalue weighted by atomic mass is 19.3. The standard InChI is InChI=1S/C20H22F3N3O2/c1-11(13-5-9-15(28-4)10-6-13)12(2)26(14-7-8-14)20(27)16-17(18(21)22)24-25(3)19(16)23/h5-6,9-10,12,14,18H,1,7-8H2,2-4H3. The first-order valence-electron chi connectivity index (χ1n) is 8.92. The summed E-state index contributed by atoms with van der Waals surface area (Å²) in [5.74, 6) is -1.17. The number of hydrogen-bond donors (Lipinski definition) is 0. The zero-order chi connectivity index (χ0) is 20.6. The zero-order valence-electron chi connectivity index (χ0n) is 16.0. The highest BCUT2D eigenvalue weighted by Gasteiger charge is 2.41. The van der Waals surface area contributed by atoms with Gasteiger partial charge in [-0.3, -0.25) is 4.79 Å². The molecular weight excluding hydrogens is 371 g/mol. The molecule has 1 aromatic carbocycles. The molecule has 28 heavy (non-hydrogen) atoms. The van der Waals surface area contributed by atoms with Crippen LogP contribution in [0.1, 0.15) is 47.8 Å². The molecule has 1 aliphatic rings. The zero-order valence-corrected chi connectivity index (χ0v) is 16.0. The Kier molecular flexibility index (Phi) is 5.49. The molecule has 0 bridgehead atoms. The number of amides is 1. The van der Waals surface area contributed by atoms with E-state index in [9.17, 15) is 18.0 Å². The van der Waals surface area contributed by atoms with E-state index in [1.54, 1.807) is 26.2 Å². The predicted molar refractivity (Wildman–Crippen MR) is 98.8 cm³/mol. The van der Waals surface area contributed by atoms with Crippen LogP contribution in [0.4, 0.5) is 13.2 Å². The van der Waals surface area contributed by atoms with Crippen LogP contribution in [0.3, 0.4) is 0 Å². The minimum absolute atomic E-state index is 0.136. The minimum atomic E-state index is -3.05. The van der Waals surface area contributed by atoms with Gasteiger partial charge >= 0.3 is 0 Å². The average molecular weight is 393 g/mol. The normalized spacial score (nSPS) is 14.8. The molecule has 3 rings (SSSR count). The number of alkyl halides is 2. The number of hydrogen-bond acceptors (Lipinski definition) is 3. The van der Waals surface area contributed by atoms with E-state index in [1.807, 2.05) is 12.1 Å². The van der Waals surface area contributed by atoms with Crippen molar-refractivity contribution in [2.24, 2.45) is 7.05 Å². The number of aromatic nitrogens is 2. The molecule has 1 fully saturated rings. The van der Waals surface area contributed by atoms with Gasteiger partial charge in [-0.1, -0.05) is 18.7 Å². The quantitative estimate of drug-likeness (QED) is 0.708. The smallest absolute Gasteiger partial charge is 0.283 e. The van der Waals surface area contributed by atoms with Gasteiger partial charge in [-0.15, -0.1) is 0 Å². The van der Waals surface area contributed by atoms with E-state index in [-0.39, 0.29) is 6.04 Å².